The van der Waals surface area contributed by atoms with Crippen LogP contribution in [0.3, 0.4) is 0 Å². The van der Waals surface area contributed by atoms with Crippen LogP contribution >= 0.6 is 0 Å². The molecule has 0 heterocycles. The molecule has 0 aliphatic carbocycles. The van der Waals surface area contributed by atoms with Crippen LogP contribution in [0.2, 0.25) is 0 Å². The first-order valence-corrected chi connectivity index (χ1v) is 12.7. The molecule has 0 aromatic heterocycles. The maximum absolute atomic E-state index is 4.79. The molecule has 2 rings (SSSR count). The molecule has 0 N–H and O–H groups in total. The van der Waals surface area contributed by atoms with Crippen molar-refractivity contribution in [1.29, 1.82) is 0 Å². The molecule has 2 aromatic rings. The van der Waals surface area contributed by atoms with Crippen LogP contribution in [-0.4, -0.2) is 11.9 Å². The molecule has 0 radical (unpaired) electrons. The van der Waals surface area contributed by atoms with E-state index >= 15 is 0 Å². The maximum atomic E-state index is 4.79. The fourth-order valence-corrected chi connectivity index (χ4v) is 3.65. The van der Waals surface area contributed by atoms with Crippen molar-refractivity contribution >= 4 is 29.4 Å². The van der Waals surface area contributed by atoms with Crippen LogP contribution in [0.5, 0.6) is 0 Å². The van der Waals surface area contributed by atoms with Gasteiger partial charge in [-0.05, 0) is 55.5 Å². The molecule has 0 saturated heterocycles. The van der Waals surface area contributed by atoms with Crippen molar-refractivity contribution in [3.8, 4) is 0 Å². The van der Waals surface area contributed by atoms with Crippen molar-refractivity contribution in [1.82, 2.24) is 0 Å². The van der Waals surface area contributed by atoms with E-state index in [1.165, 1.54) is 56.9 Å². The molecular formula is C30H42N2Ni. The number of aliphatic imine (C=N–C) groups is 2. The Bertz CT molecular complexity index is 824. The molecular weight excluding hydrogens is 447 g/mol. The van der Waals surface area contributed by atoms with Gasteiger partial charge in [0.2, 0.25) is 0 Å². The average Bonchev–Trinajstić information content (AvgIpc) is 2.83. The van der Waals surface area contributed by atoms with Crippen molar-refractivity contribution in [2.75, 3.05) is 0 Å². The smallest absolute Gasteiger partial charge is 0.0636 e. The van der Waals surface area contributed by atoms with Gasteiger partial charge in [0.15, 0.2) is 0 Å². The Morgan fingerprint density at radius 1 is 0.727 bits per heavy atom. The summed E-state index contributed by atoms with van der Waals surface area (Å²) >= 11 is 0. The number of unbranched alkanes of at least 4 members (excludes halogenated alkanes) is 9. The van der Waals surface area contributed by atoms with E-state index in [9.17, 15) is 0 Å². The van der Waals surface area contributed by atoms with Gasteiger partial charge in [0.05, 0.1) is 17.1 Å². The molecule has 33 heavy (non-hydrogen) atoms. The van der Waals surface area contributed by atoms with E-state index in [1.54, 1.807) is 0 Å². The molecule has 0 fully saturated rings. The van der Waals surface area contributed by atoms with E-state index in [0.717, 1.165) is 42.8 Å². The predicted octanol–water partition coefficient (Wildman–Crippen LogP) is 9.89. The molecule has 182 valence electrons. The Balaban J connectivity index is 0.00000544. The zero-order chi connectivity index (χ0) is 22.7. The quantitative estimate of drug-likeness (QED) is 0.127. The second kappa shape index (κ2) is 19.5. The van der Waals surface area contributed by atoms with Gasteiger partial charge in [0.25, 0.3) is 0 Å². The van der Waals surface area contributed by atoms with Crippen LogP contribution in [0.15, 0.2) is 70.7 Å². The summed E-state index contributed by atoms with van der Waals surface area (Å²) in [7, 11) is 0. The molecule has 2 nitrogen and oxygen atoms in total. The van der Waals surface area contributed by atoms with Crippen LogP contribution in [0.1, 0.15) is 96.5 Å². The van der Waals surface area contributed by atoms with Gasteiger partial charge in [-0.2, -0.15) is 0 Å². The third-order valence-corrected chi connectivity index (χ3v) is 5.58. The fraction of sp³-hybridized carbons (Fsp3) is 0.467. The standard InChI is InChI=1S/C30H42N2.Ni/c1-3-5-7-8-9-10-11-12-13-15-19-27-20-18-24-29(25-27)31-26-30(21-6-4-2)32-28-22-16-14-17-23-28;/h14-20,22-26H,3-13,21H2,1-2H3;. The van der Waals surface area contributed by atoms with Crippen LogP contribution in [0.4, 0.5) is 11.4 Å². The van der Waals surface area contributed by atoms with Crippen molar-refractivity contribution in [2.24, 2.45) is 9.98 Å². The molecule has 0 atom stereocenters. The summed E-state index contributed by atoms with van der Waals surface area (Å²) in [4.78, 5) is 9.52. The first-order valence-electron chi connectivity index (χ1n) is 12.7. The summed E-state index contributed by atoms with van der Waals surface area (Å²) in [6.07, 6.45) is 21.8. The zero-order valence-corrected chi connectivity index (χ0v) is 21.6. The minimum Gasteiger partial charge on any atom is -0.255 e. The van der Waals surface area contributed by atoms with E-state index in [1.807, 2.05) is 36.5 Å². The molecule has 2 aromatic carbocycles. The summed E-state index contributed by atoms with van der Waals surface area (Å²) in [5.74, 6) is 0. The van der Waals surface area contributed by atoms with E-state index in [2.05, 4.69) is 50.3 Å². The minimum absolute atomic E-state index is 0. The molecule has 0 amide bonds. The van der Waals surface area contributed by atoms with Crippen LogP contribution in [0.25, 0.3) is 6.08 Å². The normalized spacial score (nSPS) is 11.9. The van der Waals surface area contributed by atoms with Crippen molar-refractivity contribution in [3.63, 3.8) is 0 Å². The molecule has 0 aliphatic rings. The number of allylic oxidation sites excluding steroid dienone is 1. The first-order chi connectivity index (χ1) is 15.8. The zero-order valence-electron chi connectivity index (χ0n) is 20.6. The Morgan fingerprint density at radius 3 is 2.12 bits per heavy atom. The topological polar surface area (TPSA) is 24.7 Å². The van der Waals surface area contributed by atoms with Crippen LogP contribution in [0, 0.1) is 0 Å². The minimum atomic E-state index is 0. The van der Waals surface area contributed by atoms with Crippen LogP contribution in [-0.2, 0) is 16.5 Å². The van der Waals surface area contributed by atoms with Gasteiger partial charge < -0.3 is 0 Å². The van der Waals surface area contributed by atoms with Gasteiger partial charge >= 0.3 is 0 Å². The number of hydrogen-bond acceptors (Lipinski definition) is 2. The van der Waals surface area contributed by atoms with Crippen LogP contribution < -0.4 is 0 Å². The van der Waals surface area contributed by atoms with E-state index in [4.69, 9.17) is 9.98 Å². The van der Waals surface area contributed by atoms with Gasteiger partial charge in [-0.15, -0.1) is 0 Å². The number of rotatable bonds is 16. The second-order valence-electron chi connectivity index (χ2n) is 8.56. The third kappa shape index (κ3) is 14.0. The van der Waals surface area contributed by atoms with Crippen molar-refractivity contribution in [2.45, 2.75) is 90.9 Å². The molecule has 3 heteroatoms. The largest absolute Gasteiger partial charge is 0.255 e. The maximum Gasteiger partial charge on any atom is 0.0636 e. The van der Waals surface area contributed by atoms with E-state index in [0.29, 0.717) is 0 Å². The molecule has 0 spiro atoms. The molecule has 0 saturated carbocycles. The molecule has 0 aliphatic heterocycles. The van der Waals surface area contributed by atoms with Gasteiger partial charge in [-0.25, -0.2) is 0 Å². The Morgan fingerprint density at radius 2 is 1.39 bits per heavy atom. The van der Waals surface area contributed by atoms with E-state index < -0.39 is 0 Å². The Hall–Kier alpha value is -1.99. The van der Waals surface area contributed by atoms with Gasteiger partial charge in [-0.1, -0.05) is 108 Å². The van der Waals surface area contributed by atoms with Gasteiger partial charge in [0, 0.05) is 22.7 Å². The van der Waals surface area contributed by atoms with Crippen molar-refractivity contribution in [3.05, 3.63) is 66.2 Å². The average molecular weight is 489 g/mol. The molecule has 0 bridgehead atoms. The number of para-hydroxylation sites is 1. The summed E-state index contributed by atoms with van der Waals surface area (Å²) in [6.45, 7) is 4.49. The molecule has 0 unspecified atom stereocenters. The van der Waals surface area contributed by atoms with Crippen molar-refractivity contribution < 1.29 is 16.5 Å². The summed E-state index contributed by atoms with van der Waals surface area (Å²) in [6, 6.07) is 18.6. The summed E-state index contributed by atoms with van der Waals surface area (Å²) < 4.78 is 0. The number of nitrogens with zero attached hydrogens (tertiary/aromatic N) is 2. The predicted molar refractivity (Wildman–Crippen MR) is 144 cm³/mol. The Labute approximate surface area is 212 Å². The fourth-order valence-electron chi connectivity index (χ4n) is 3.65. The summed E-state index contributed by atoms with van der Waals surface area (Å²) in [5, 5.41) is 0. The number of hydrogen-bond donors (Lipinski definition) is 0. The van der Waals surface area contributed by atoms with Gasteiger partial charge in [0.1, 0.15) is 0 Å². The second-order valence-corrected chi connectivity index (χ2v) is 8.56. The number of benzene rings is 2. The SMILES string of the molecule is CCCCCCCCCCC=Cc1cccc(N=CC(CCCC)=Nc2ccccc2)c1.[Ni]. The summed E-state index contributed by atoms with van der Waals surface area (Å²) in [5.41, 5.74) is 4.22. The first kappa shape index (κ1) is 29.0. The van der Waals surface area contributed by atoms with E-state index in [-0.39, 0.29) is 16.5 Å². The Kier molecular flexibility index (Phi) is 17.1. The third-order valence-electron chi connectivity index (χ3n) is 5.58. The monoisotopic (exact) mass is 488 g/mol. The van der Waals surface area contributed by atoms with Gasteiger partial charge in [-0.3, -0.25) is 9.98 Å².